The Morgan fingerprint density at radius 2 is 1.79 bits per heavy atom. The molecule has 5 rings (SSSR count). The Balaban J connectivity index is 1.52. The number of nitrogens with zero attached hydrogens (tertiary/aromatic N) is 2. The summed E-state index contributed by atoms with van der Waals surface area (Å²) in [5.74, 6) is -0.800. The van der Waals surface area contributed by atoms with Gasteiger partial charge in [0.2, 0.25) is 0 Å². The van der Waals surface area contributed by atoms with Gasteiger partial charge in [0.25, 0.3) is 17.4 Å². The molecule has 1 fully saturated rings. The van der Waals surface area contributed by atoms with E-state index < -0.39 is 34.1 Å². The maximum absolute atomic E-state index is 14.0. The largest absolute Gasteiger partial charge is 0.495 e. The highest BCUT2D eigenvalue weighted by molar-refractivity contribution is 7.99. The number of halogens is 5. The lowest BCUT2D eigenvalue weighted by Gasteiger charge is -2.36. The summed E-state index contributed by atoms with van der Waals surface area (Å²) in [6.45, 7) is 1.99. The molecule has 14 heteroatoms. The van der Waals surface area contributed by atoms with Gasteiger partial charge in [0.1, 0.15) is 22.6 Å². The van der Waals surface area contributed by atoms with Gasteiger partial charge in [0.05, 0.1) is 22.8 Å². The zero-order valence-corrected chi connectivity index (χ0v) is 25.4. The molecule has 2 aliphatic rings. The van der Waals surface area contributed by atoms with Crippen molar-refractivity contribution in [3.8, 4) is 5.75 Å². The van der Waals surface area contributed by atoms with Crippen LogP contribution in [-0.2, 0) is 23.3 Å². The maximum atomic E-state index is 14.0. The number of carbonyl (C=O) groups is 2. The van der Waals surface area contributed by atoms with Crippen LogP contribution >= 0.6 is 46.6 Å². The van der Waals surface area contributed by atoms with Gasteiger partial charge in [-0.2, -0.15) is 8.78 Å². The Morgan fingerprint density at radius 3 is 2.40 bits per heavy atom. The number of aromatic nitrogens is 1. The third kappa shape index (κ3) is 5.72. The number of hydrogen-bond acceptors (Lipinski definition) is 6. The number of aromatic amines is 1. The van der Waals surface area contributed by atoms with Gasteiger partial charge in [0.15, 0.2) is 0 Å². The van der Waals surface area contributed by atoms with Crippen LogP contribution in [0.15, 0.2) is 51.0 Å². The zero-order chi connectivity index (χ0) is 30.6. The number of fused-ring (bicyclic) bond motifs is 1. The second-order valence-electron chi connectivity index (χ2n) is 10.2. The molecular weight excluding hydrogens is 635 g/mol. The first-order valence-electron chi connectivity index (χ1n) is 12.7. The minimum Gasteiger partial charge on any atom is -0.495 e. The van der Waals surface area contributed by atoms with Crippen LogP contribution in [0.5, 0.6) is 5.75 Å². The predicted molar refractivity (Wildman–Crippen MR) is 156 cm³/mol. The van der Waals surface area contributed by atoms with Gasteiger partial charge in [-0.05, 0) is 72.8 Å². The van der Waals surface area contributed by atoms with Crippen LogP contribution in [0.3, 0.4) is 0 Å². The molecule has 3 aromatic rings. The van der Waals surface area contributed by atoms with E-state index in [9.17, 15) is 28.3 Å². The molecule has 2 amide bonds. The number of alkyl halides is 3. The van der Waals surface area contributed by atoms with E-state index in [-0.39, 0.29) is 38.5 Å². The summed E-state index contributed by atoms with van der Waals surface area (Å²) in [5, 5.41) is 7.03. The van der Waals surface area contributed by atoms with Crippen LogP contribution in [0.2, 0.25) is 10.0 Å². The molecule has 222 valence electrons. The van der Waals surface area contributed by atoms with E-state index in [1.807, 2.05) is 4.98 Å². The van der Waals surface area contributed by atoms with Crippen LogP contribution in [0, 0.1) is 0 Å². The van der Waals surface area contributed by atoms with Crippen LogP contribution < -0.4 is 15.2 Å². The van der Waals surface area contributed by atoms with E-state index >= 15 is 0 Å². The average molecular weight is 659 g/mol. The molecule has 8 nitrogen and oxygen atoms in total. The first kappa shape index (κ1) is 30.6. The van der Waals surface area contributed by atoms with E-state index in [1.165, 1.54) is 36.0 Å². The van der Waals surface area contributed by atoms with Crippen LogP contribution in [0.1, 0.15) is 46.9 Å². The number of rotatable bonds is 6. The smallest absolute Gasteiger partial charge is 0.362 e. The van der Waals surface area contributed by atoms with Gasteiger partial charge in [-0.1, -0.05) is 41.0 Å². The molecule has 0 bridgehead atoms. The Kier molecular flexibility index (Phi) is 8.27. The summed E-state index contributed by atoms with van der Waals surface area (Å²) in [7, 11) is 1.45. The molecule has 1 saturated heterocycles. The molecule has 0 radical (unpaired) electrons. The van der Waals surface area contributed by atoms with Gasteiger partial charge >= 0.3 is 5.38 Å². The Hall–Kier alpha value is -2.83. The van der Waals surface area contributed by atoms with Crippen LogP contribution in [-0.4, -0.2) is 46.1 Å². The molecule has 1 unspecified atom stereocenters. The summed E-state index contributed by atoms with van der Waals surface area (Å²) in [5.41, 5.74) is -1.99. The Morgan fingerprint density at radius 1 is 1.14 bits per heavy atom. The highest BCUT2D eigenvalue weighted by atomic mass is 35.5. The third-order valence-electron chi connectivity index (χ3n) is 7.20. The van der Waals surface area contributed by atoms with E-state index in [0.717, 1.165) is 17.8 Å². The molecule has 1 aromatic heterocycles. The number of aliphatic hydroxyl groups is 1. The molecule has 3 heterocycles. The number of piperidine rings is 1. The standard InChI is InChI=1S/C28H24Cl3F2N3O5S/c1-27(40)7-4-8-36(26(27)39)18-9-14-12-35(13-15(14)10-19(18)41-2)25(38)22-20(11-21(28(31,32)33)34-24(22)37)42-23-16(29)5-3-6-17(23)30/h3,5-6,9-11,40H,4,7-8,12-13H2,1-2H3,(H,34,37). The highest BCUT2D eigenvalue weighted by Crippen LogP contribution is 2.43. The fourth-order valence-corrected chi connectivity index (χ4v) is 6.80. The van der Waals surface area contributed by atoms with Crippen molar-refractivity contribution < 1.29 is 28.2 Å². The number of H-pyrrole nitrogens is 1. The number of methoxy groups -OCH3 is 1. The average Bonchev–Trinajstić information content (AvgIpc) is 3.33. The molecule has 2 N–H and O–H groups in total. The number of pyridine rings is 1. The monoisotopic (exact) mass is 657 g/mol. The van der Waals surface area contributed by atoms with Crippen molar-refractivity contribution in [1.29, 1.82) is 0 Å². The molecule has 2 aliphatic heterocycles. The number of hydrogen-bond donors (Lipinski definition) is 2. The molecule has 1 atom stereocenters. The van der Waals surface area contributed by atoms with E-state index in [2.05, 4.69) is 0 Å². The van der Waals surface area contributed by atoms with Crippen LogP contribution in [0.4, 0.5) is 14.5 Å². The highest BCUT2D eigenvalue weighted by Gasteiger charge is 2.40. The normalized spacial score (nSPS) is 18.8. The molecule has 42 heavy (non-hydrogen) atoms. The maximum Gasteiger partial charge on any atom is 0.362 e. The third-order valence-corrected chi connectivity index (χ3v) is 9.44. The van der Waals surface area contributed by atoms with Crippen molar-refractivity contribution in [1.82, 2.24) is 9.88 Å². The zero-order valence-electron chi connectivity index (χ0n) is 22.3. The molecule has 2 aromatic carbocycles. The Labute approximate surface area is 258 Å². The molecule has 0 spiro atoms. The number of amides is 2. The van der Waals surface area contributed by atoms with Crippen molar-refractivity contribution in [2.24, 2.45) is 0 Å². The van der Waals surface area contributed by atoms with E-state index in [4.69, 9.17) is 39.5 Å². The number of ether oxygens (including phenoxy) is 1. The van der Waals surface area contributed by atoms with Gasteiger partial charge < -0.3 is 24.6 Å². The summed E-state index contributed by atoms with van der Waals surface area (Å²) < 4.78 is 33.6. The van der Waals surface area contributed by atoms with Gasteiger partial charge in [-0.3, -0.25) is 14.4 Å². The SMILES string of the molecule is COc1cc2c(cc1N1CCCC(C)(O)C1=O)CN(C(=O)c1c(Sc3c(Cl)cccc3Cl)cc(C(F)(F)Cl)[nH]c1=O)C2. The van der Waals surface area contributed by atoms with Gasteiger partial charge in [-0.25, -0.2) is 0 Å². The summed E-state index contributed by atoms with van der Waals surface area (Å²) >= 11 is 18.6. The molecule has 0 aliphatic carbocycles. The fraction of sp³-hybridized carbons (Fsp3) is 0.321. The van der Waals surface area contributed by atoms with Crippen molar-refractivity contribution >= 4 is 64.1 Å². The van der Waals surface area contributed by atoms with Crippen molar-refractivity contribution in [3.63, 3.8) is 0 Å². The summed E-state index contributed by atoms with van der Waals surface area (Å²) in [6, 6.07) is 9.03. The van der Waals surface area contributed by atoms with Crippen molar-refractivity contribution in [2.45, 2.75) is 53.6 Å². The quantitative estimate of drug-likeness (QED) is 0.308. The Bertz CT molecular complexity index is 1640. The lowest BCUT2D eigenvalue weighted by Crippen LogP contribution is -2.52. The summed E-state index contributed by atoms with van der Waals surface area (Å²) in [4.78, 5) is 45.0. The topological polar surface area (TPSA) is 103 Å². The van der Waals surface area contributed by atoms with Gasteiger partial charge in [-0.15, -0.1) is 0 Å². The van der Waals surface area contributed by atoms with Crippen molar-refractivity contribution in [2.75, 3.05) is 18.6 Å². The minimum atomic E-state index is -3.91. The second-order valence-corrected chi connectivity index (χ2v) is 12.5. The number of nitrogens with one attached hydrogen (secondary N) is 1. The number of benzene rings is 2. The number of carbonyl (C=O) groups excluding carboxylic acids is 2. The fourth-order valence-electron chi connectivity index (χ4n) is 5.06. The number of anilines is 1. The van der Waals surface area contributed by atoms with Crippen LogP contribution in [0.25, 0.3) is 0 Å². The predicted octanol–water partition coefficient (Wildman–Crippen LogP) is 6.16. The minimum absolute atomic E-state index is 0.0629. The van der Waals surface area contributed by atoms with E-state index in [1.54, 1.807) is 18.2 Å². The van der Waals surface area contributed by atoms with Gasteiger partial charge in [0, 0.05) is 29.4 Å². The molecule has 0 saturated carbocycles. The first-order chi connectivity index (χ1) is 19.7. The summed E-state index contributed by atoms with van der Waals surface area (Å²) in [6.07, 6.45) is 0.917. The van der Waals surface area contributed by atoms with Crippen molar-refractivity contribution in [3.05, 3.63) is 79.2 Å². The second kappa shape index (κ2) is 11.3. The molecular formula is C28H24Cl3F2N3O5S. The first-order valence-corrected chi connectivity index (χ1v) is 14.7. The lowest BCUT2D eigenvalue weighted by atomic mass is 9.93. The lowest BCUT2D eigenvalue weighted by molar-refractivity contribution is -0.137. The van der Waals surface area contributed by atoms with E-state index in [0.29, 0.717) is 42.0 Å².